The third kappa shape index (κ3) is 3.22. The molecule has 0 radical (unpaired) electrons. The van der Waals surface area contributed by atoms with Crippen LogP contribution in [0.5, 0.6) is 0 Å². The van der Waals surface area contributed by atoms with Crippen LogP contribution in [0.2, 0.25) is 5.02 Å². The third-order valence-corrected chi connectivity index (χ3v) is 5.56. The molecule has 0 amide bonds. The molecule has 0 atom stereocenters. The molecule has 0 aliphatic rings. The number of fused-ring (bicyclic) bond motifs is 3. The molecule has 1 N–H and O–H groups in total. The van der Waals surface area contributed by atoms with Crippen molar-refractivity contribution in [2.45, 2.75) is 0 Å². The highest BCUT2D eigenvalue weighted by atomic mass is 35.5. The maximum Gasteiger partial charge on any atom is 0.270 e. The normalized spacial score (nSPS) is 11.3. The number of hydrogen-bond donors (Lipinski definition) is 1. The summed E-state index contributed by atoms with van der Waals surface area (Å²) in [7, 11) is 0. The van der Waals surface area contributed by atoms with Crippen LogP contribution in [0.4, 0.5) is 11.6 Å². The molecule has 2 aromatic carbocycles. The lowest BCUT2D eigenvalue weighted by atomic mass is 10.3. The van der Waals surface area contributed by atoms with Gasteiger partial charge in [-0.1, -0.05) is 23.7 Å². The summed E-state index contributed by atoms with van der Waals surface area (Å²) in [6.45, 7) is 0. The van der Waals surface area contributed by atoms with Gasteiger partial charge < -0.3 is 5.32 Å². The molecule has 0 unspecified atom stereocenters. The molecule has 4 heterocycles. The summed E-state index contributed by atoms with van der Waals surface area (Å²) in [6.07, 6.45) is 8.48. The van der Waals surface area contributed by atoms with Crippen molar-refractivity contribution in [2.24, 2.45) is 0 Å². The van der Waals surface area contributed by atoms with Crippen molar-refractivity contribution in [3.05, 3.63) is 101 Å². The van der Waals surface area contributed by atoms with Crippen molar-refractivity contribution in [2.75, 3.05) is 5.32 Å². The summed E-state index contributed by atoms with van der Waals surface area (Å²) < 4.78 is 4.99. The van der Waals surface area contributed by atoms with Crippen molar-refractivity contribution in [3.8, 4) is 11.4 Å². The first kappa shape index (κ1) is 19.2. The van der Waals surface area contributed by atoms with Crippen molar-refractivity contribution >= 4 is 40.0 Å². The fourth-order valence-corrected chi connectivity index (χ4v) is 3.92. The zero-order valence-corrected chi connectivity index (χ0v) is 17.8. The van der Waals surface area contributed by atoms with Crippen LogP contribution >= 0.6 is 11.6 Å². The topological polar surface area (TPSA) is 94.9 Å². The molecule has 10 heteroatoms. The van der Waals surface area contributed by atoms with Crippen molar-refractivity contribution < 1.29 is 0 Å². The molecule has 9 nitrogen and oxygen atoms in total. The fourth-order valence-electron chi connectivity index (χ4n) is 3.70. The Morgan fingerprint density at radius 1 is 0.909 bits per heavy atom. The van der Waals surface area contributed by atoms with E-state index in [2.05, 4.69) is 25.4 Å². The fraction of sp³-hybridized carbons (Fsp3) is 0. The van der Waals surface area contributed by atoms with Gasteiger partial charge in [-0.15, -0.1) is 0 Å². The lowest BCUT2D eigenvalue weighted by Crippen LogP contribution is -2.22. The Bertz CT molecular complexity index is 1670. The molecule has 33 heavy (non-hydrogen) atoms. The molecular formula is C23H15ClN8O. The molecule has 0 bridgehead atoms. The molecule has 0 saturated heterocycles. The van der Waals surface area contributed by atoms with Gasteiger partial charge in [0.05, 0.1) is 16.4 Å². The van der Waals surface area contributed by atoms with Crippen molar-refractivity contribution in [3.63, 3.8) is 0 Å². The van der Waals surface area contributed by atoms with E-state index in [1.165, 1.54) is 10.8 Å². The summed E-state index contributed by atoms with van der Waals surface area (Å²) in [4.78, 5) is 26.7. The van der Waals surface area contributed by atoms with Crippen molar-refractivity contribution in [1.29, 1.82) is 0 Å². The minimum atomic E-state index is -0.299. The van der Waals surface area contributed by atoms with Gasteiger partial charge in [-0.05, 0) is 42.5 Å². The van der Waals surface area contributed by atoms with Crippen LogP contribution in [0.3, 0.4) is 0 Å². The molecule has 4 aromatic heterocycles. The summed E-state index contributed by atoms with van der Waals surface area (Å²) in [5, 5.41) is 8.20. The Labute approximate surface area is 191 Å². The first-order chi connectivity index (χ1) is 16.2. The SMILES string of the molecule is O=c1c2cnc(Nc3ccc(-n4cccn4)cc3)nc2n2ccnc2n1-c1ccccc1Cl. The number of nitrogens with one attached hydrogen (secondary N) is 1. The predicted octanol–water partition coefficient (Wildman–Crippen LogP) is 4.01. The average molecular weight is 455 g/mol. The zero-order chi connectivity index (χ0) is 22.4. The summed E-state index contributed by atoms with van der Waals surface area (Å²) in [5.41, 5.74) is 2.43. The molecule has 0 fully saturated rings. The van der Waals surface area contributed by atoms with Gasteiger partial charge >= 0.3 is 0 Å². The first-order valence-corrected chi connectivity index (χ1v) is 10.4. The highest BCUT2D eigenvalue weighted by molar-refractivity contribution is 6.32. The number of aromatic nitrogens is 7. The van der Waals surface area contributed by atoms with E-state index in [1.54, 1.807) is 39.8 Å². The molecule has 0 saturated carbocycles. The van der Waals surface area contributed by atoms with Crippen LogP contribution in [0.1, 0.15) is 0 Å². The standard InChI is InChI=1S/C23H15ClN8O/c24-18-4-1-2-5-19(18)32-21(33)17-14-26-22(29-20(17)30-13-11-25-23(30)32)28-15-6-8-16(9-7-15)31-12-3-10-27-31/h1-14H,(H,26,28,29). The van der Waals surface area contributed by atoms with Crippen LogP contribution in [0, 0.1) is 0 Å². The van der Waals surface area contributed by atoms with E-state index in [0.29, 0.717) is 33.5 Å². The predicted molar refractivity (Wildman–Crippen MR) is 126 cm³/mol. The van der Waals surface area contributed by atoms with E-state index in [4.69, 9.17) is 11.6 Å². The second-order valence-electron chi connectivity index (χ2n) is 7.24. The lowest BCUT2D eigenvalue weighted by Gasteiger charge is -2.12. The molecule has 6 rings (SSSR count). The van der Waals surface area contributed by atoms with E-state index in [0.717, 1.165) is 11.4 Å². The van der Waals surface area contributed by atoms with Gasteiger partial charge in [-0.25, -0.2) is 19.2 Å². The summed E-state index contributed by atoms with van der Waals surface area (Å²) >= 11 is 6.37. The van der Waals surface area contributed by atoms with Gasteiger partial charge in [0.25, 0.3) is 5.56 Å². The number of nitrogens with zero attached hydrogens (tertiary/aromatic N) is 7. The van der Waals surface area contributed by atoms with Gasteiger partial charge in [0, 0.05) is 36.7 Å². The summed E-state index contributed by atoms with van der Waals surface area (Å²) in [5.74, 6) is 0.771. The highest BCUT2D eigenvalue weighted by Gasteiger charge is 2.17. The van der Waals surface area contributed by atoms with Crippen molar-refractivity contribution in [1.82, 2.24) is 33.7 Å². The van der Waals surface area contributed by atoms with Gasteiger partial charge in [0.15, 0.2) is 5.65 Å². The zero-order valence-electron chi connectivity index (χ0n) is 17.0. The summed E-state index contributed by atoms with van der Waals surface area (Å²) in [6, 6.07) is 16.7. The average Bonchev–Trinajstić information content (AvgIpc) is 3.54. The van der Waals surface area contributed by atoms with Gasteiger partial charge in [-0.2, -0.15) is 10.1 Å². The Hall–Kier alpha value is -4.50. The molecule has 6 aromatic rings. The van der Waals surface area contributed by atoms with Crippen LogP contribution in [-0.2, 0) is 0 Å². The lowest BCUT2D eigenvalue weighted by molar-refractivity contribution is 0.881. The maximum atomic E-state index is 13.4. The van der Waals surface area contributed by atoms with E-state index in [9.17, 15) is 4.79 Å². The number of anilines is 2. The van der Waals surface area contributed by atoms with E-state index in [1.807, 2.05) is 48.7 Å². The molecular weight excluding hydrogens is 440 g/mol. The smallest absolute Gasteiger partial charge is 0.270 e. The number of halogens is 1. The quantitative estimate of drug-likeness (QED) is 0.432. The Morgan fingerprint density at radius 3 is 2.55 bits per heavy atom. The van der Waals surface area contributed by atoms with Crippen LogP contribution < -0.4 is 10.9 Å². The molecule has 160 valence electrons. The third-order valence-electron chi connectivity index (χ3n) is 5.24. The Balaban J connectivity index is 1.44. The first-order valence-electron chi connectivity index (χ1n) is 10.1. The molecule has 0 aliphatic heterocycles. The highest BCUT2D eigenvalue weighted by Crippen LogP contribution is 2.23. The maximum absolute atomic E-state index is 13.4. The van der Waals surface area contributed by atoms with E-state index >= 15 is 0 Å². The monoisotopic (exact) mass is 454 g/mol. The number of rotatable bonds is 4. The number of imidazole rings is 1. The van der Waals surface area contributed by atoms with E-state index < -0.39 is 0 Å². The van der Waals surface area contributed by atoms with Gasteiger partial charge in [0.1, 0.15) is 5.39 Å². The molecule has 0 aliphatic carbocycles. The van der Waals surface area contributed by atoms with Crippen LogP contribution in [-0.4, -0.2) is 33.7 Å². The Kier molecular flexibility index (Phi) is 4.41. The van der Waals surface area contributed by atoms with Gasteiger partial charge in [0.2, 0.25) is 11.7 Å². The largest absolute Gasteiger partial charge is 0.324 e. The second-order valence-corrected chi connectivity index (χ2v) is 7.65. The Morgan fingerprint density at radius 2 is 1.76 bits per heavy atom. The minimum Gasteiger partial charge on any atom is -0.324 e. The minimum absolute atomic E-state index is 0.299. The number of hydrogen-bond acceptors (Lipinski definition) is 6. The number of para-hydroxylation sites is 1. The van der Waals surface area contributed by atoms with E-state index in [-0.39, 0.29) is 5.56 Å². The number of benzene rings is 2. The second kappa shape index (κ2) is 7.57. The van der Waals surface area contributed by atoms with Gasteiger partial charge in [-0.3, -0.25) is 9.20 Å². The van der Waals surface area contributed by atoms with Crippen LogP contribution in [0.15, 0.2) is 90.4 Å². The molecule has 0 spiro atoms. The van der Waals surface area contributed by atoms with Crippen LogP contribution in [0.25, 0.3) is 28.2 Å².